The number of anilines is 1. The van der Waals surface area contributed by atoms with Crippen LogP contribution in [-0.4, -0.2) is 47.4 Å². The fourth-order valence-electron chi connectivity index (χ4n) is 3.26. The van der Waals surface area contributed by atoms with Gasteiger partial charge >= 0.3 is 0 Å². The summed E-state index contributed by atoms with van der Waals surface area (Å²) in [5, 5.41) is 3.70. The second-order valence-electron chi connectivity index (χ2n) is 6.09. The van der Waals surface area contributed by atoms with E-state index in [2.05, 4.69) is 22.1 Å². The average molecular weight is 292 g/mol. The first kappa shape index (κ1) is 14.5. The summed E-state index contributed by atoms with van der Waals surface area (Å²) in [6, 6.07) is 0.834. The lowest BCUT2D eigenvalue weighted by Crippen LogP contribution is -2.52. The van der Waals surface area contributed by atoms with Gasteiger partial charge in [-0.15, -0.1) is 0 Å². The van der Waals surface area contributed by atoms with E-state index in [1.807, 2.05) is 0 Å². The van der Waals surface area contributed by atoms with Crippen molar-refractivity contribution in [3.8, 4) is 0 Å². The maximum atomic E-state index is 12.2. The van der Waals surface area contributed by atoms with Crippen molar-refractivity contribution in [2.75, 3.05) is 24.6 Å². The molecule has 2 saturated heterocycles. The molecule has 2 aliphatic rings. The molecule has 0 saturated carbocycles. The second kappa shape index (κ2) is 6.15. The van der Waals surface area contributed by atoms with Crippen LogP contribution >= 0.6 is 0 Å². The van der Waals surface area contributed by atoms with Crippen LogP contribution < -0.4 is 15.8 Å². The standard InChI is InChI=1S/C15H24N4O2/c1-11-13(5-9-21-11)17-12-4-3-7-19(10-12)14-15(20)18(2)8-6-16-14/h6,8,11-13,17H,3-5,7,9-10H2,1-2H3/t11-,12-,13-/m0/s1. The van der Waals surface area contributed by atoms with Crippen LogP contribution in [0.2, 0.25) is 0 Å². The Kier molecular flexibility index (Phi) is 4.26. The van der Waals surface area contributed by atoms with Crippen molar-refractivity contribution in [3.05, 3.63) is 22.7 Å². The first-order valence-electron chi connectivity index (χ1n) is 7.79. The van der Waals surface area contributed by atoms with Gasteiger partial charge in [-0.3, -0.25) is 4.79 Å². The first-order chi connectivity index (χ1) is 10.1. The van der Waals surface area contributed by atoms with E-state index in [-0.39, 0.29) is 11.7 Å². The van der Waals surface area contributed by atoms with Crippen LogP contribution in [0.3, 0.4) is 0 Å². The monoisotopic (exact) mass is 292 g/mol. The van der Waals surface area contributed by atoms with E-state index < -0.39 is 0 Å². The molecule has 2 aliphatic heterocycles. The zero-order valence-electron chi connectivity index (χ0n) is 12.8. The molecule has 1 aromatic heterocycles. The van der Waals surface area contributed by atoms with E-state index in [9.17, 15) is 4.79 Å². The van der Waals surface area contributed by atoms with Gasteiger partial charge in [0.1, 0.15) is 0 Å². The summed E-state index contributed by atoms with van der Waals surface area (Å²) in [5.74, 6) is 0.572. The summed E-state index contributed by atoms with van der Waals surface area (Å²) in [6.07, 6.45) is 6.97. The molecule has 0 radical (unpaired) electrons. The number of aryl methyl sites for hydroxylation is 1. The minimum absolute atomic E-state index is 0.0179. The third-order valence-corrected chi connectivity index (χ3v) is 4.55. The van der Waals surface area contributed by atoms with Crippen LogP contribution in [0.1, 0.15) is 26.2 Å². The van der Waals surface area contributed by atoms with Crippen LogP contribution in [0.15, 0.2) is 17.2 Å². The SMILES string of the molecule is C[C@@H]1OCC[C@@H]1N[C@H]1CCCN(c2nccn(C)c2=O)C1. The lowest BCUT2D eigenvalue weighted by molar-refractivity contribution is 0.110. The maximum Gasteiger partial charge on any atom is 0.293 e. The molecular weight excluding hydrogens is 268 g/mol. The summed E-state index contributed by atoms with van der Waals surface area (Å²) < 4.78 is 7.20. The topological polar surface area (TPSA) is 59.4 Å². The van der Waals surface area contributed by atoms with Gasteiger partial charge < -0.3 is 19.5 Å². The molecule has 3 heterocycles. The quantitative estimate of drug-likeness (QED) is 0.880. The molecule has 21 heavy (non-hydrogen) atoms. The van der Waals surface area contributed by atoms with Gasteiger partial charge in [0.05, 0.1) is 6.10 Å². The van der Waals surface area contributed by atoms with Crippen molar-refractivity contribution in [1.29, 1.82) is 0 Å². The van der Waals surface area contributed by atoms with Crippen LogP contribution in [0.25, 0.3) is 0 Å². The number of nitrogens with one attached hydrogen (secondary N) is 1. The lowest BCUT2D eigenvalue weighted by Gasteiger charge is -2.35. The number of rotatable bonds is 3. The van der Waals surface area contributed by atoms with E-state index >= 15 is 0 Å². The molecule has 3 atom stereocenters. The minimum Gasteiger partial charge on any atom is -0.377 e. The van der Waals surface area contributed by atoms with Crippen molar-refractivity contribution in [2.45, 2.75) is 44.4 Å². The predicted octanol–water partition coefficient (Wildman–Crippen LogP) is 0.516. The van der Waals surface area contributed by atoms with Gasteiger partial charge in [-0.25, -0.2) is 4.98 Å². The highest BCUT2D eigenvalue weighted by molar-refractivity contribution is 5.36. The van der Waals surface area contributed by atoms with E-state index in [1.54, 1.807) is 24.0 Å². The molecule has 0 aliphatic carbocycles. The number of nitrogens with zero attached hydrogens (tertiary/aromatic N) is 3. The Hall–Kier alpha value is -1.40. The number of aromatic nitrogens is 2. The Morgan fingerprint density at radius 3 is 3.05 bits per heavy atom. The smallest absolute Gasteiger partial charge is 0.293 e. The molecule has 0 aromatic carbocycles. The second-order valence-corrected chi connectivity index (χ2v) is 6.09. The van der Waals surface area contributed by atoms with Crippen LogP contribution in [-0.2, 0) is 11.8 Å². The van der Waals surface area contributed by atoms with Crippen molar-refractivity contribution >= 4 is 5.82 Å². The van der Waals surface area contributed by atoms with Gasteiger partial charge in [0.2, 0.25) is 0 Å². The van der Waals surface area contributed by atoms with Crippen LogP contribution in [0, 0.1) is 0 Å². The van der Waals surface area contributed by atoms with Gasteiger partial charge in [0.25, 0.3) is 5.56 Å². The lowest BCUT2D eigenvalue weighted by atomic mass is 10.0. The molecule has 2 fully saturated rings. The number of ether oxygens (including phenoxy) is 1. The van der Waals surface area contributed by atoms with Gasteiger partial charge in [-0.2, -0.15) is 0 Å². The Morgan fingerprint density at radius 1 is 1.43 bits per heavy atom. The molecule has 3 rings (SSSR count). The number of hydrogen-bond donors (Lipinski definition) is 1. The van der Waals surface area contributed by atoms with Gasteiger partial charge in [-0.05, 0) is 26.2 Å². The minimum atomic E-state index is -0.0179. The maximum absolute atomic E-state index is 12.2. The third-order valence-electron chi connectivity index (χ3n) is 4.55. The third kappa shape index (κ3) is 3.11. The van der Waals surface area contributed by atoms with E-state index in [1.165, 1.54) is 0 Å². The Balaban J connectivity index is 1.68. The molecule has 0 unspecified atom stereocenters. The van der Waals surface area contributed by atoms with E-state index in [0.29, 0.717) is 17.9 Å². The number of hydrogen-bond acceptors (Lipinski definition) is 5. The Bertz CT molecular complexity index is 545. The predicted molar refractivity (Wildman–Crippen MR) is 81.7 cm³/mol. The molecule has 1 N–H and O–H groups in total. The molecule has 0 amide bonds. The highest BCUT2D eigenvalue weighted by Crippen LogP contribution is 2.18. The summed E-state index contributed by atoms with van der Waals surface area (Å²) in [4.78, 5) is 18.6. The van der Waals surface area contributed by atoms with Gasteiger partial charge in [-0.1, -0.05) is 0 Å². The fourth-order valence-corrected chi connectivity index (χ4v) is 3.26. The van der Waals surface area contributed by atoms with E-state index in [0.717, 1.165) is 39.0 Å². The molecule has 116 valence electrons. The summed E-state index contributed by atoms with van der Waals surface area (Å²) in [7, 11) is 1.77. The summed E-state index contributed by atoms with van der Waals surface area (Å²) in [5.41, 5.74) is -0.0179. The van der Waals surface area contributed by atoms with E-state index in [4.69, 9.17) is 4.74 Å². The molecule has 6 nitrogen and oxygen atoms in total. The van der Waals surface area contributed by atoms with Crippen molar-refractivity contribution in [3.63, 3.8) is 0 Å². The Morgan fingerprint density at radius 2 is 2.29 bits per heavy atom. The van der Waals surface area contributed by atoms with Crippen molar-refractivity contribution in [1.82, 2.24) is 14.9 Å². The largest absolute Gasteiger partial charge is 0.377 e. The molecule has 6 heteroatoms. The first-order valence-corrected chi connectivity index (χ1v) is 7.79. The fraction of sp³-hybridized carbons (Fsp3) is 0.733. The molecule has 1 aromatic rings. The summed E-state index contributed by atoms with van der Waals surface area (Å²) >= 11 is 0. The van der Waals surface area contributed by atoms with Gasteiger partial charge in [0.15, 0.2) is 5.82 Å². The zero-order valence-corrected chi connectivity index (χ0v) is 12.8. The van der Waals surface area contributed by atoms with Crippen LogP contribution in [0.4, 0.5) is 5.82 Å². The highest BCUT2D eigenvalue weighted by Gasteiger charge is 2.29. The molecule has 0 bridgehead atoms. The van der Waals surface area contributed by atoms with Crippen LogP contribution in [0.5, 0.6) is 0 Å². The highest BCUT2D eigenvalue weighted by atomic mass is 16.5. The molecular formula is C15H24N4O2. The normalized spacial score (nSPS) is 29.8. The summed E-state index contributed by atoms with van der Waals surface area (Å²) in [6.45, 7) is 4.71. The van der Waals surface area contributed by atoms with Gasteiger partial charge in [0, 0.05) is 51.2 Å². The Labute approximate surface area is 125 Å². The van der Waals surface area contributed by atoms with Crippen molar-refractivity contribution in [2.24, 2.45) is 7.05 Å². The average Bonchev–Trinajstić information content (AvgIpc) is 2.88. The molecule has 0 spiro atoms. The van der Waals surface area contributed by atoms with Crippen molar-refractivity contribution < 1.29 is 4.74 Å². The zero-order chi connectivity index (χ0) is 14.8. The number of piperidine rings is 1.